The summed E-state index contributed by atoms with van der Waals surface area (Å²) in [5.41, 5.74) is 1.75. The monoisotopic (exact) mass is 338 g/mol. The van der Waals surface area contributed by atoms with Gasteiger partial charge in [-0.05, 0) is 40.9 Å². The Kier molecular flexibility index (Phi) is 5.77. The van der Waals surface area contributed by atoms with Crippen LogP contribution in [0.5, 0.6) is 0 Å². The molecule has 21 heavy (non-hydrogen) atoms. The summed E-state index contributed by atoms with van der Waals surface area (Å²) < 4.78 is 0. The van der Waals surface area contributed by atoms with Gasteiger partial charge in [0.25, 0.3) is 0 Å². The molecule has 0 aliphatic carbocycles. The molecule has 0 saturated carbocycles. The third-order valence-corrected chi connectivity index (χ3v) is 5.05. The highest BCUT2D eigenvalue weighted by atomic mass is 35.5. The van der Waals surface area contributed by atoms with Crippen molar-refractivity contribution in [2.75, 3.05) is 0 Å². The first-order chi connectivity index (χ1) is 10.1. The van der Waals surface area contributed by atoms with Crippen molar-refractivity contribution >= 4 is 44.2 Å². The van der Waals surface area contributed by atoms with E-state index in [2.05, 4.69) is 5.23 Å². The summed E-state index contributed by atoms with van der Waals surface area (Å²) in [6, 6.07) is 14.7. The van der Waals surface area contributed by atoms with E-state index < -0.39 is 15.7 Å². The summed E-state index contributed by atoms with van der Waals surface area (Å²) in [5.74, 6) is 0.525. The van der Waals surface area contributed by atoms with Gasteiger partial charge in [-0.15, -0.1) is 0 Å². The minimum absolute atomic E-state index is 0.185. The summed E-state index contributed by atoms with van der Waals surface area (Å²) in [6.07, 6.45) is 0.185. The Labute approximate surface area is 135 Å². The van der Waals surface area contributed by atoms with Gasteiger partial charge in [0.2, 0.25) is 5.24 Å². The van der Waals surface area contributed by atoms with Crippen LogP contribution in [0.3, 0.4) is 0 Å². The van der Waals surface area contributed by atoms with Crippen molar-refractivity contribution in [3.63, 3.8) is 0 Å². The molecule has 0 amide bonds. The fraction of sp³-hybridized carbons (Fsp3) is 0.125. The molecule has 0 aliphatic heterocycles. The second-order valence-corrected chi connectivity index (χ2v) is 6.92. The van der Waals surface area contributed by atoms with Crippen LogP contribution in [-0.4, -0.2) is 10.5 Å². The number of carbonyl (C=O) groups is 1. The quantitative estimate of drug-likeness (QED) is 0.592. The van der Waals surface area contributed by atoms with Crippen molar-refractivity contribution < 1.29 is 9.59 Å². The largest absolute Gasteiger partial charge is 0.281 e. The fourth-order valence-electron chi connectivity index (χ4n) is 1.86. The molecule has 0 saturated heterocycles. The number of halogens is 2. The van der Waals surface area contributed by atoms with Gasteiger partial charge in [-0.3, -0.25) is 4.79 Å². The Hall–Kier alpha value is -1.38. The summed E-state index contributed by atoms with van der Waals surface area (Å²) >= 11 is 11.5. The second kappa shape index (κ2) is 7.58. The zero-order valence-electron chi connectivity index (χ0n) is 11.0. The smallest absolute Gasteiger partial charge is 0.226 e. The van der Waals surface area contributed by atoms with Crippen molar-refractivity contribution in [2.24, 2.45) is 0 Å². The number of benzene rings is 2. The van der Waals surface area contributed by atoms with Gasteiger partial charge in [-0.1, -0.05) is 52.4 Å². The Morgan fingerprint density at radius 2 is 1.76 bits per heavy atom. The van der Waals surface area contributed by atoms with Gasteiger partial charge in [-0.2, -0.15) is 0 Å². The Bertz CT molecular complexity index is 704. The minimum atomic E-state index is -0.685. The molecule has 2 rings (SSSR count). The third kappa shape index (κ3) is 4.55. The van der Waals surface area contributed by atoms with Crippen LogP contribution in [0.25, 0.3) is 0 Å². The van der Waals surface area contributed by atoms with Gasteiger partial charge in [-0.25, -0.2) is 4.79 Å². The average molecular weight is 339 g/mol. The number of hydrogen-bond donors (Lipinski definition) is 0. The highest BCUT2D eigenvalue weighted by Gasteiger charge is 2.07. The van der Waals surface area contributed by atoms with Crippen LogP contribution in [0.2, 0.25) is 5.02 Å². The van der Waals surface area contributed by atoms with E-state index in [0.29, 0.717) is 10.8 Å². The van der Waals surface area contributed by atoms with Crippen molar-refractivity contribution in [1.29, 1.82) is 0 Å². The molecule has 5 heteroatoms. The van der Waals surface area contributed by atoms with Crippen LogP contribution >= 0.6 is 33.7 Å². The van der Waals surface area contributed by atoms with Crippen LogP contribution in [0, 0.1) is 0 Å². The summed E-state index contributed by atoms with van der Waals surface area (Å²) in [6.45, 7) is 0. The first-order valence-electron chi connectivity index (χ1n) is 6.19. The lowest BCUT2D eigenvalue weighted by Gasteiger charge is -2.08. The highest BCUT2D eigenvalue weighted by Crippen LogP contribution is 2.32. The molecule has 0 fully saturated rings. The van der Waals surface area contributed by atoms with Crippen LogP contribution in [0.15, 0.2) is 53.4 Å². The minimum Gasteiger partial charge on any atom is -0.281 e. The highest BCUT2D eigenvalue weighted by molar-refractivity contribution is 8.13. The maximum Gasteiger partial charge on any atom is 0.226 e. The van der Waals surface area contributed by atoms with Crippen molar-refractivity contribution in [3.05, 3.63) is 64.7 Å². The molecule has 2 aromatic carbocycles. The molecule has 1 atom stereocenters. The van der Waals surface area contributed by atoms with E-state index in [1.54, 1.807) is 18.2 Å². The standard InChI is InChI=1S/C16H12Cl2O2S/c17-15-4-2-1-3-13(15)10-21(11-19)14-7-5-12(6-8-14)9-16(18)20/h1-8H,9-10H2. The lowest BCUT2D eigenvalue weighted by molar-refractivity contribution is -0.111. The SMILES string of the molecule is O=C=S(Cc1ccccc1Cl)c1ccc(CC(=O)Cl)cc1. The first kappa shape index (κ1) is 16.0. The Morgan fingerprint density at radius 3 is 2.33 bits per heavy atom. The van der Waals surface area contributed by atoms with Gasteiger partial charge < -0.3 is 0 Å². The van der Waals surface area contributed by atoms with Crippen LogP contribution in [-0.2, 0) is 21.8 Å². The summed E-state index contributed by atoms with van der Waals surface area (Å²) in [4.78, 5) is 23.0. The Morgan fingerprint density at radius 1 is 1.10 bits per heavy atom. The van der Waals surface area contributed by atoms with Gasteiger partial charge in [0.05, 0.1) is 0 Å². The molecule has 0 aromatic heterocycles. The van der Waals surface area contributed by atoms with Gasteiger partial charge >= 0.3 is 0 Å². The van der Waals surface area contributed by atoms with Crippen molar-refractivity contribution in [1.82, 2.24) is 0 Å². The molecule has 2 nitrogen and oxygen atoms in total. The zero-order valence-corrected chi connectivity index (χ0v) is 13.3. The molecule has 108 valence electrons. The maximum atomic E-state index is 11.3. The molecule has 2 aromatic rings. The average Bonchev–Trinajstić information content (AvgIpc) is 2.47. The van der Waals surface area contributed by atoms with E-state index in [0.717, 1.165) is 16.0 Å². The molecule has 0 N–H and O–H groups in total. The molecule has 0 heterocycles. The molecule has 0 bridgehead atoms. The van der Waals surface area contributed by atoms with Crippen molar-refractivity contribution in [3.8, 4) is 0 Å². The predicted octanol–water partition coefficient (Wildman–Crippen LogP) is 4.54. The fourth-order valence-corrected chi connectivity index (χ4v) is 3.65. The van der Waals surface area contributed by atoms with Gasteiger partial charge in [0.15, 0.2) is 5.23 Å². The van der Waals surface area contributed by atoms with Gasteiger partial charge in [0, 0.05) is 22.1 Å². The second-order valence-electron chi connectivity index (χ2n) is 4.39. The molecular weight excluding hydrogens is 327 g/mol. The third-order valence-electron chi connectivity index (χ3n) is 2.91. The van der Waals surface area contributed by atoms with E-state index in [9.17, 15) is 9.59 Å². The number of hydrogen-bond acceptors (Lipinski definition) is 2. The van der Waals surface area contributed by atoms with E-state index in [1.165, 1.54) is 0 Å². The number of carbonyl (C=O) groups excluding carboxylic acids is 2. The molecular formula is C16H12Cl2O2S. The molecule has 0 radical (unpaired) electrons. The normalized spacial score (nSPS) is 11.7. The van der Waals surface area contributed by atoms with E-state index in [-0.39, 0.29) is 6.42 Å². The summed E-state index contributed by atoms with van der Waals surface area (Å²) in [7, 11) is -0.685. The topological polar surface area (TPSA) is 34.1 Å². The zero-order chi connectivity index (χ0) is 15.2. The predicted molar refractivity (Wildman–Crippen MR) is 87.7 cm³/mol. The molecule has 0 aliphatic rings. The Balaban J connectivity index is 2.21. The van der Waals surface area contributed by atoms with E-state index in [4.69, 9.17) is 23.2 Å². The number of rotatable bonds is 5. The molecule has 1 unspecified atom stereocenters. The van der Waals surface area contributed by atoms with E-state index >= 15 is 0 Å². The first-order valence-corrected chi connectivity index (χ1v) is 8.34. The van der Waals surface area contributed by atoms with Crippen molar-refractivity contribution in [2.45, 2.75) is 17.1 Å². The van der Waals surface area contributed by atoms with Gasteiger partial charge in [0.1, 0.15) is 0 Å². The van der Waals surface area contributed by atoms with Crippen LogP contribution in [0.4, 0.5) is 0 Å². The van der Waals surface area contributed by atoms with Crippen LogP contribution < -0.4 is 0 Å². The lowest BCUT2D eigenvalue weighted by atomic mass is 10.2. The summed E-state index contributed by atoms with van der Waals surface area (Å²) in [5, 5.41) is 2.33. The van der Waals surface area contributed by atoms with E-state index in [1.807, 2.05) is 30.3 Å². The lowest BCUT2D eigenvalue weighted by Crippen LogP contribution is -1.93. The van der Waals surface area contributed by atoms with Crippen LogP contribution in [0.1, 0.15) is 11.1 Å². The maximum absolute atomic E-state index is 11.3. The molecule has 0 spiro atoms.